The van der Waals surface area contributed by atoms with E-state index in [0.29, 0.717) is 23.6 Å². The average Bonchev–Trinajstić information content (AvgIpc) is 2.59. The van der Waals surface area contributed by atoms with Gasteiger partial charge in [0.15, 0.2) is 0 Å². The first-order valence-corrected chi connectivity index (χ1v) is 7.83. The molecule has 0 aliphatic carbocycles. The Morgan fingerprint density at radius 1 is 1.13 bits per heavy atom. The van der Waals surface area contributed by atoms with E-state index in [1.807, 2.05) is 24.3 Å². The molecule has 0 saturated heterocycles. The van der Waals surface area contributed by atoms with Crippen LogP contribution in [0.3, 0.4) is 0 Å². The molecule has 1 atom stereocenters. The molecule has 2 aromatic carbocycles. The molecule has 0 bridgehead atoms. The summed E-state index contributed by atoms with van der Waals surface area (Å²) >= 11 is 5.99. The first kappa shape index (κ1) is 15.6. The van der Waals surface area contributed by atoms with Crippen molar-refractivity contribution in [3.8, 4) is 0 Å². The standard InChI is InChI=1S/C18H17ClN2O2/c1-20-17(22)16-10-12-5-2-3-6-14(12)11-21(16)18(23)13-7-4-8-15(19)9-13/h2-9,16H,10-11H2,1H3,(H,20,22)/t16-/m1/s1. The summed E-state index contributed by atoms with van der Waals surface area (Å²) in [7, 11) is 1.59. The molecule has 2 aromatic rings. The molecule has 0 fully saturated rings. The Morgan fingerprint density at radius 3 is 2.57 bits per heavy atom. The second kappa shape index (κ2) is 6.42. The molecule has 1 aliphatic rings. The highest BCUT2D eigenvalue weighted by Crippen LogP contribution is 2.25. The Kier molecular flexibility index (Phi) is 4.35. The highest BCUT2D eigenvalue weighted by atomic mass is 35.5. The van der Waals surface area contributed by atoms with Gasteiger partial charge < -0.3 is 10.2 Å². The van der Waals surface area contributed by atoms with E-state index in [0.717, 1.165) is 11.1 Å². The van der Waals surface area contributed by atoms with Gasteiger partial charge in [0.25, 0.3) is 5.91 Å². The van der Waals surface area contributed by atoms with E-state index < -0.39 is 6.04 Å². The van der Waals surface area contributed by atoms with Crippen LogP contribution in [0.4, 0.5) is 0 Å². The average molecular weight is 329 g/mol. The van der Waals surface area contributed by atoms with Crippen LogP contribution in [0.2, 0.25) is 5.02 Å². The first-order chi connectivity index (χ1) is 11.1. The maximum atomic E-state index is 12.9. The number of hydrogen-bond donors (Lipinski definition) is 1. The molecular weight excluding hydrogens is 312 g/mol. The molecule has 4 nitrogen and oxygen atoms in total. The van der Waals surface area contributed by atoms with Crippen LogP contribution < -0.4 is 5.32 Å². The molecular formula is C18H17ClN2O2. The molecule has 23 heavy (non-hydrogen) atoms. The number of likely N-dealkylation sites (N-methyl/N-ethyl adjacent to an activating group) is 1. The summed E-state index contributed by atoms with van der Waals surface area (Å²) in [6.45, 7) is 0.416. The van der Waals surface area contributed by atoms with Crippen molar-refractivity contribution in [2.75, 3.05) is 7.05 Å². The Morgan fingerprint density at radius 2 is 1.87 bits per heavy atom. The van der Waals surface area contributed by atoms with Crippen molar-refractivity contribution in [2.24, 2.45) is 0 Å². The van der Waals surface area contributed by atoms with Crippen molar-refractivity contribution in [2.45, 2.75) is 19.0 Å². The van der Waals surface area contributed by atoms with Gasteiger partial charge >= 0.3 is 0 Å². The van der Waals surface area contributed by atoms with Crippen LogP contribution in [-0.4, -0.2) is 29.8 Å². The molecule has 3 rings (SSSR count). The number of carbonyl (C=O) groups excluding carboxylic acids is 2. The lowest BCUT2D eigenvalue weighted by Gasteiger charge is -2.35. The monoisotopic (exact) mass is 328 g/mol. The Bertz CT molecular complexity index is 760. The number of amides is 2. The van der Waals surface area contributed by atoms with Gasteiger partial charge in [-0.05, 0) is 29.3 Å². The second-order valence-corrected chi connectivity index (χ2v) is 5.98. The largest absolute Gasteiger partial charge is 0.357 e. The number of benzene rings is 2. The highest BCUT2D eigenvalue weighted by molar-refractivity contribution is 6.31. The van der Waals surface area contributed by atoms with Crippen molar-refractivity contribution in [3.05, 3.63) is 70.2 Å². The fraction of sp³-hybridized carbons (Fsp3) is 0.222. The summed E-state index contributed by atoms with van der Waals surface area (Å²) in [6, 6.07) is 14.2. The van der Waals surface area contributed by atoms with Gasteiger partial charge in [-0.15, -0.1) is 0 Å². The van der Waals surface area contributed by atoms with Crippen LogP contribution in [0.5, 0.6) is 0 Å². The van der Waals surface area contributed by atoms with E-state index in [9.17, 15) is 9.59 Å². The molecule has 118 valence electrons. The van der Waals surface area contributed by atoms with Gasteiger partial charge in [-0.3, -0.25) is 9.59 Å². The smallest absolute Gasteiger partial charge is 0.254 e. The minimum atomic E-state index is -0.513. The van der Waals surface area contributed by atoms with E-state index >= 15 is 0 Å². The first-order valence-electron chi connectivity index (χ1n) is 7.45. The third-order valence-corrected chi connectivity index (χ3v) is 4.37. The van der Waals surface area contributed by atoms with Crippen molar-refractivity contribution in [1.29, 1.82) is 0 Å². The van der Waals surface area contributed by atoms with Crippen LogP contribution in [0.1, 0.15) is 21.5 Å². The molecule has 0 radical (unpaired) electrons. The third-order valence-electron chi connectivity index (χ3n) is 4.13. The lowest BCUT2D eigenvalue weighted by atomic mass is 9.93. The maximum Gasteiger partial charge on any atom is 0.254 e. The summed E-state index contributed by atoms with van der Waals surface area (Å²) in [6.07, 6.45) is 0.516. The van der Waals surface area contributed by atoms with E-state index in [1.54, 1.807) is 36.2 Å². The lowest BCUT2D eigenvalue weighted by molar-refractivity contribution is -0.125. The van der Waals surface area contributed by atoms with E-state index in [-0.39, 0.29) is 11.8 Å². The summed E-state index contributed by atoms with van der Waals surface area (Å²) in [5, 5.41) is 3.16. The SMILES string of the molecule is CNC(=O)[C@H]1Cc2ccccc2CN1C(=O)c1cccc(Cl)c1. The highest BCUT2D eigenvalue weighted by Gasteiger charge is 2.34. The minimum Gasteiger partial charge on any atom is -0.357 e. The van der Waals surface area contributed by atoms with Gasteiger partial charge in [-0.25, -0.2) is 0 Å². The van der Waals surface area contributed by atoms with E-state index in [4.69, 9.17) is 11.6 Å². The third kappa shape index (κ3) is 3.08. The predicted molar refractivity (Wildman–Crippen MR) is 89.3 cm³/mol. The zero-order chi connectivity index (χ0) is 16.4. The number of nitrogens with zero attached hydrogens (tertiary/aromatic N) is 1. The van der Waals surface area contributed by atoms with Gasteiger partial charge in [-0.1, -0.05) is 41.9 Å². The zero-order valence-corrected chi connectivity index (χ0v) is 13.5. The number of carbonyl (C=O) groups is 2. The van der Waals surface area contributed by atoms with Gasteiger partial charge in [-0.2, -0.15) is 0 Å². The Balaban J connectivity index is 1.97. The maximum absolute atomic E-state index is 12.9. The van der Waals surface area contributed by atoms with E-state index in [1.165, 1.54) is 0 Å². The normalized spacial score (nSPS) is 16.6. The van der Waals surface area contributed by atoms with Gasteiger partial charge in [0.2, 0.25) is 5.91 Å². The fourth-order valence-corrected chi connectivity index (χ4v) is 3.11. The van der Waals surface area contributed by atoms with Crippen LogP contribution in [-0.2, 0) is 17.8 Å². The van der Waals surface area contributed by atoms with Gasteiger partial charge in [0.1, 0.15) is 6.04 Å². The number of halogens is 1. The molecule has 1 heterocycles. The molecule has 0 saturated carbocycles. The Hall–Kier alpha value is -2.33. The van der Waals surface area contributed by atoms with Gasteiger partial charge in [0, 0.05) is 30.6 Å². The van der Waals surface area contributed by atoms with Crippen LogP contribution in [0.15, 0.2) is 48.5 Å². The number of nitrogens with one attached hydrogen (secondary N) is 1. The van der Waals surface area contributed by atoms with Crippen molar-refractivity contribution in [3.63, 3.8) is 0 Å². The summed E-state index contributed by atoms with van der Waals surface area (Å²) < 4.78 is 0. The van der Waals surface area contributed by atoms with Crippen LogP contribution >= 0.6 is 11.6 Å². The number of fused-ring (bicyclic) bond motifs is 1. The topological polar surface area (TPSA) is 49.4 Å². The molecule has 0 aromatic heterocycles. The minimum absolute atomic E-state index is 0.158. The molecule has 1 N–H and O–H groups in total. The predicted octanol–water partition coefficient (Wildman–Crippen LogP) is 2.65. The molecule has 1 aliphatic heterocycles. The molecule has 0 spiro atoms. The van der Waals surface area contributed by atoms with Crippen LogP contribution in [0.25, 0.3) is 0 Å². The van der Waals surface area contributed by atoms with Gasteiger partial charge in [0.05, 0.1) is 0 Å². The number of rotatable bonds is 2. The fourth-order valence-electron chi connectivity index (χ4n) is 2.92. The van der Waals surface area contributed by atoms with Crippen molar-refractivity contribution in [1.82, 2.24) is 10.2 Å². The van der Waals surface area contributed by atoms with E-state index in [2.05, 4.69) is 5.32 Å². The molecule has 0 unspecified atom stereocenters. The summed E-state index contributed by atoms with van der Waals surface area (Å²) in [5.41, 5.74) is 2.67. The number of hydrogen-bond acceptors (Lipinski definition) is 2. The molecule has 5 heteroatoms. The second-order valence-electron chi connectivity index (χ2n) is 5.55. The zero-order valence-electron chi connectivity index (χ0n) is 12.8. The van der Waals surface area contributed by atoms with Crippen LogP contribution in [0, 0.1) is 0 Å². The quantitative estimate of drug-likeness (QED) is 0.921. The Labute approximate surface area is 140 Å². The van der Waals surface area contributed by atoms with Crippen molar-refractivity contribution >= 4 is 23.4 Å². The molecule has 2 amide bonds. The summed E-state index contributed by atoms with van der Waals surface area (Å²) in [4.78, 5) is 26.8. The lowest BCUT2D eigenvalue weighted by Crippen LogP contribution is -2.51. The van der Waals surface area contributed by atoms with Crippen molar-refractivity contribution < 1.29 is 9.59 Å². The summed E-state index contributed by atoms with van der Waals surface area (Å²) in [5.74, 6) is -0.342.